The Morgan fingerprint density at radius 3 is 2.61 bits per heavy atom. The third-order valence-corrected chi connectivity index (χ3v) is 4.65. The highest BCUT2D eigenvalue weighted by Crippen LogP contribution is 2.49. The Labute approximate surface area is 110 Å². The van der Waals surface area contributed by atoms with Crippen molar-refractivity contribution < 1.29 is 14.6 Å². The normalized spacial score (nSPS) is 34.1. The molecule has 1 aliphatic carbocycles. The quantitative estimate of drug-likeness (QED) is 0.530. The first-order chi connectivity index (χ1) is 8.68. The minimum absolute atomic E-state index is 0.259. The smallest absolute Gasteiger partial charge is 0.309 e. The largest absolute Gasteiger partial charge is 0.481 e. The topological polar surface area (TPSA) is 49.8 Å². The van der Waals surface area contributed by atoms with Crippen LogP contribution in [0.1, 0.15) is 71.1 Å². The van der Waals surface area contributed by atoms with Crippen LogP contribution < -0.4 is 0 Å². The van der Waals surface area contributed by atoms with Crippen LogP contribution in [0.5, 0.6) is 0 Å². The van der Waals surface area contributed by atoms with Gasteiger partial charge in [0.25, 0.3) is 0 Å². The summed E-state index contributed by atoms with van der Waals surface area (Å²) in [6, 6.07) is 0. The highest BCUT2D eigenvalue weighted by atomic mass is 16.6. The van der Waals surface area contributed by atoms with Crippen LogP contribution in [0.25, 0.3) is 0 Å². The average Bonchev–Trinajstić information content (AvgIpc) is 3.11. The molecule has 3 nitrogen and oxygen atoms in total. The Morgan fingerprint density at radius 1 is 1.22 bits per heavy atom. The van der Waals surface area contributed by atoms with Crippen LogP contribution >= 0.6 is 0 Å². The van der Waals surface area contributed by atoms with E-state index in [2.05, 4.69) is 6.92 Å². The summed E-state index contributed by atoms with van der Waals surface area (Å²) in [4.78, 5) is 11.6. The van der Waals surface area contributed by atoms with E-state index in [9.17, 15) is 9.90 Å². The molecular weight excluding hydrogens is 228 g/mol. The molecule has 2 aliphatic rings. The Morgan fingerprint density at radius 2 is 1.94 bits per heavy atom. The molecule has 2 rings (SSSR count). The predicted molar refractivity (Wildman–Crippen MR) is 70.6 cm³/mol. The van der Waals surface area contributed by atoms with Crippen LogP contribution in [-0.4, -0.2) is 23.3 Å². The van der Waals surface area contributed by atoms with Gasteiger partial charge in [-0.2, -0.15) is 0 Å². The number of ether oxygens (including phenoxy) is 1. The second-order valence-corrected chi connectivity index (χ2v) is 6.06. The van der Waals surface area contributed by atoms with Gasteiger partial charge in [-0.3, -0.25) is 4.79 Å². The van der Waals surface area contributed by atoms with E-state index in [1.54, 1.807) is 0 Å². The van der Waals surface area contributed by atoms with E-state index in [1.165, 1.54) is 32.1 Å². The monoisotopic (exact) mass is 254 g/mol. The molecule has 0 aromatic heterocycles. The second-order valence-electron chi connectivity index (χ2n) is 6.06. The Bertz CT molecular complexity index is 289. The lowest BCUT2D eigenvalue weighted by atomic mass is 9.71. The standard InChI is InChI=1S/C15H26O3/c1-2-3-4-5-6-7-9-15(14(16)17)10-8-12-13(11-15)18-12/h12-13H,2-11H2,1H3,(H,16,17). The summed E-state index contributed by atoms with van der Waals surface area (Å²) in [7, 11) is 0. The molecule has 18 heavy (non-hydrogen) atoms. The van der Waals surface area contributed by atoms with Crippen molar-refractivity contribution in [3.8, 4) is 0 Å². The fourth-order valence-electron chi connectivity index (χ4n) is 3.29. The van der Waals surface area contributed by atoms with Crippen LogP contribution in [0.3, 0.4) is 0 Å². The molecule has 0 aromatic rings. The SMILES string of the molecule is CCCCCCCCC1(C(=O)O)CCC2OC2C1. The van der Waals surface area contributed by atoms with Gasteiger partial charge in [-0.25, -0.2) is 0 Å². The maximum atomic E-state index is 11.6. The van der Waals surface area contributed by atoms with Crippen molar-refractivity contribution in [2.45, 2.75) is 83.3 Å². The van der Waals surface area contributed by atoms with Crippen molar-refractivity contribution in [2.75, 3.05) is 0 Å². The molecule has 3 atom stereocenters. The zero-order valence-corrected chi connectivity index (χ0v) is 11.5. The Kier molecular flexibility index (Phi) is 4.66. The predicted octanol–water partition coefficient (Wildman–Crippen LogP) is 3.76. The Hall–Kier alpha value is -0.570. The summed E-state index contributed by atoms with van der Waals surface area (Å²) in [6.07, 6.45) is 11.4. The van der Waals surface area contributed by atoms with E-state index in [0.717, 1.165) is 32.1 Å². The van der Waals surface area contributed by atoms with Crippen molar-refractivity contribution in [1.29, 1.82) is 0 Å². The lowest BCUT2D eigenvalue weighted by Crippen LogP contribution is -2.36. The number of rotatable bonds is 8. The van der Waals surface area contributed by atoms with Crippen molar-refractivity contribution in [3.05, 3.63) is 0 Å². The fraction of sp³-hybridized carbons (Fsp3) is 0.933. The summed E-state index contributed by atoms with van der Waals surface area (Å²) in [5.41, 5.74) is -0.470. The minimum Gasteiger partial charge on any atom is -0.481 e. The molecule has 0 radical (unpaired) electrons. The number of carboxylic acids is 1. The van der Waals surface area contributed by atoms with Gasteiger partial charge in [0, 0.05) is 0 Å². The summed E-state index contributed by atoms with van der Waals surface area (Å²) in [5, 5.41) is 9.51. The minimum atomic E-state index is -0.593. The first-order valence-corrected chi connectivity index (χ1v) is 7.57. The molecule has 1 N–H and O–H groups in total. The van der Waals surface area contributed by atoms with E-state index in [0.29, 0.717) is 6.10 Å². The van der Waals surface area contributed by atoms with Crippen molar-refractivity contribution >= 4 is 5.97 Å². The molecule has 0 bridgehead atoms. The lowest BCUT2D eigenvalue weighted by Gasteiger charge is -2.31. The van der Waals surface area contributed by atoms with Crippen LogP contribution in [-0.2, 0) is 9.53 Å². The number of fused-ring (bicyclic) bond motifs is 1. The van der Waals surface area contributed by atoms with Crippen LogP contribution in [0.4, 0.5) is 0 Å². The molecule has 1 saturated carbocycles. The van der Waals surface area contributed by atoms with Crippen LogP contribution in [0, 0.1) is 5.41 Å². The average molecular weight is 254 g/mol. The third kappa shape index (κ3) is 3.25. The van der Waals surface area contributed by atoms with Gasteiger partial charge in [-0.05, 0) is 25.7 Å². The number of unbranched alkanes of at least 4 members (excludes halogenated alkanes) is 5. The summed E-state index contributed by atoms with van der Waals surface area (Å²) in [6.45, 7) is 2.22. The molecular formula is C15H26O3. The lowest BCUT2D eigenvalue weighted by molar-refractivity contribution is -0.151. The van der Waals surface area contributed by atoms with Gasteiger partial charge < -0.3 is 9.84 Å². The van der Waals surface area contributed by atoms with Crippen molar-refractivity contribution in [2.24, 2.45) is 5.41 Å². The van der Waals surface area contributed by atoms with Gasteiger partial charge in [-0.15, -0.1) is 0 Å². The highest BCUT2D eigenvalue weighted by molar-refractivity contribution is 5.75. The Balaban J connectivity index is 1.71. The van der Waals surface area contributed by atoms with Gasteiger partial charge in [0.05, 0.1) is 17.6 Å². The zero-order valence-electron chi connectivity index (χ0n) is 11.5. The molecule has 1 saturated heterocycles. The van der Waals surface area contributed by atoms with Crippen molar-refractivity contribution in [1.82, 2.24) is 0 Å². The van der Waals surface area contributed by atoms with E-state index >= 15 is 0 Å². The summed E-state index contributed by atoms with van der Waals surface area (Å²) < 4.78 is 5.48. The van der Waals surface area contributed by atoms with Gasteiger partial charge >= 0.3 is 5.97 Å². The van der Waals surface area contributed by atoms with Gasteiger partial charge in [0.1, 0.15) is 0 Å². The van der Waals surface area contributed by atoms with Crippen LogP contribution in [0.15, 0.2) is 0 Å². The molecule has 2 fully saturated rings. The molecule has 1 heterocycles. The van der Waals surface area contributed by atoms with E-state index < -0.39 is 11.4 Å². The van der Waals surface area contributed by atoms with Crippen molar-refractivity contribution in [3.63, 3.8) is 0 Å². The first-order valence-electron chi connectivity index (χ1n) is 7.57. The van der Waals surface area contributed by atoms with Gasteiger partial charge in [0.2, 0.25) is 0 Å². The fourth-order valence-corrected chi connectivity index (χ4v) is 3.29. The molecule has 0 aromatic carbocycles. The summed E-state index contributed by atoms with van der Waals surface area (Å²) >= 11 is 0. The molecule has 104 valence electrons. The highest BCUT2D eigenvalue weighted by Gasteiger charge is 2.53. The number of epoxide rings is 1. The zero-order chi connectivity index (χ0) is 13.0. The van der Waals surface area contributed by atoms with E-state index in [-0.39, 0.29) is 6.10 Å². The second kappa shape index (κ2) is 6.05. The first kappa shape index (κ1) is 13.9. The number of aliphatic carboxylic acids is 1. The number of carboxylic acid groups (broad SMARTS) is 1. The number of hydrogen-bond donors (Lipinski definition) is 1. The van der Waals surface area contributed by atoms with E-state index in [1.807, 2.05) is 0 Å². The molecule has 0 amide bonds. The third-order valence-electron chi connectivity index (χ3n) is 4.65. The maximum absolute atomic E-state index is 11.6. The van der Waals surface area contributed by atoms with Crippen LogP contribution in [0.2, 0.25) is 0 Å². The molecule has 3 unspecified atom stereocenters. The molecule has 3 heteroatoms. The maximum Gasteiger partial charge on any atom is 0.309 e. The molecule has 1 aliphatic heterocycles. The van der Waals surface area contributed by atoms with Gasteiger partial charge in [-0.1, -0.05) is 45.4 Å². The number of hydrogen-bond acceptors (Lipinski definition) is 2. The van der Waals surface area contributed by atoms with E-state index in [4.69, 9.17) is 4.74 Å². The number of carbonyl (C=O) groups is 1. The summed E-state index contributed by atoms with van der Waals surface area (Å²) in [5.74, 6) is -0.593. The van der Waals surface area contributed by atoms with Gasteiger partial charge in [0.15, 0.2) is 0 Å². The molecule has 0 spiro atoms.